The average molecular weight is 494 g/mol. The fraction of sp³-hybridized carbons (Fsp3) is 0.250. The van der Waals surface area contributed by atoms with Crippen LogP contribution in [-0.2, 0) is 0 Å². The Morgan fingerprint density at radius 2 is 1.86 bits per heavy atom. The second-order valence-corrected chi connectivity index (χ2v) is 9.86. The molecule has 0 bridgehead atoms. The van der Waals surface area contributed by atoms with Gasteiger partial charge in [-0.3, -0.25) is 14.1 Å². The van der Waals surface area contributed by atoms with Crippen molar-refractivity contribution in [1.29, 1.82) is 0 Å². The molecule has 5 rings (SSSR count). The first-order chi connectivity index (χ1) is 17.0. The molecule has 0 unspecified atom stereocenters. The van der Waals surface area contributed by atoms with Crippen LogP contribution in [0.5, 0.6) is 11.5 Å². The first-order valence-electron chi connectivity index (χ1n) is 11.6. The Kier molecular flexibility index (Phi) is 6.79. The van der Waals surface area contributed by atoms with Crippen LogP contribution in [-0.4, -0.2) is 48.7 Å². The molecular formula is C28H25F2NO3S. The summed E-state index contributed by atoms with van der Waals surface area (Å²) in [5.41, 5.74) is 1.79. The predicted octanol–water partition coefficient (Wildman–Crippen LogP) is 6.31. The highest BCUT2D eigenvalue weighted by molar-refractivity contribution is 7.22. The zero-order chi connectivity index (χ0) is 24.4. The van der Waals surface area contributed by atoms with Crippen LogP contribution in [0.2, 0.25) is 0 Å². The normalized spacial score (nSPS) is 16.1. The highest BCUT2D eigenvalue weighted by Crippen LogP contribution is 2.41. The van der Waals surface area contributed by atoms with Gasteiger partial charge in [0.15, 0.2) is 5.78 Å². The van der Waals surface area contributed by atoms with Crippen molar-refractivity contribution in [3.63, 3.8) is 0 Å². The number of ether oxygens (including phenoxy) is 1. The number of hydrogen-bond acceptors (Lipinski definition) is 5. The minimum absolute atomic E-state index is 0.124. The molecule has 2 heterocycles. The third kappa shape index (κ3) is 5.06. The molecule has 1 aliphatic rings. The van der Waals surface area contributed by atoms with Gasteiger partial charge in [0.25, 0.3) is 0 Å². The summed E-state index contributed by atoms with van der Waals surface area (Å²) in [5, 5.41) is 10.7. The first kappa shape index (κ1) is 23.5. The average Bonchev–Trinajstić information content (AvgIpc) is 3.48. The lowest BCUT2D eigenvalue weighted by Gasteiger charge is -2.15. The molecule has 0 spiro atoms. The number of alkyl halides is 1. The molecule has 1 aliphatic heterocycles. The van der Waals surface area contributed by atoms with Crippen molar-refractivity contribution >= 4 is 27.2 Å². The standard InChI is InChI=1S/C28H25F2NO3S/c29-16-18-11-12-31(17-18)13-14-34-23-8-3-19(4-9-23)27(33)26-24-10-7-22(32)15-25(24)35-28(26)20-1-5-21(30)6-2-20/h1-10,15,18,32H,11-14,16-17H2/t18-/m0/s1. The number of ketones is 1. The molecule has 1 fully saturated rings. The van der Waals surface area contributed by atoms with Gasteiger partial charge in [-0.15, -0.1) is 11.3 Å². The van der Waals surface area contributed by atoms with Crippen LogP contribution in [0.15, 0.2) is 66.7 Å². The summed E-state index contributed by atoms with van der Waals surface area (Å²) < 4.78 is 32.9. The number of benzene rings is 3. The largest absolute Gasteiger partial charge is 0.508 e. The predicted molar refractivity (Wildman–Crippen MR) is 135 cm³/mol. The molecule has 4 aromatic rings. The molecule has 0 saturated carbocycles. The SMILES string of the molecule is O=C(c1ccc(OCCN2CC[C@@H](CF)C2)cc1)c1c(-c2ccc(F)cc2)sc2cc(O)ccc12. The number of rotatable bonds is 8. The summed E-state index contributed by atoms with van der Waals surface area (Å²) in [6.07, 6.45) is 0.893. The summed E-state index contributed by atoms with van der Waals surface area (Å²) in [7, 11) is 0. The minimum Gasteiger partial charge on any atom is -0.508 e. The molecule has 1 N–H and O–H groups in total. The fourth-order valence-corrected chi connectivity index (χ4v) is 5.73. The lowest BCUT2D eigenvalue weighted by Crippen LogP contribution is -2.26. The van der Waals surface area contributed by atoms with Gasteiger partial charge in [0, 0.05) is 45.1 Å². The molecule has 1 atom stereocenters. The molecule has 0 aliphatic carbocycles. The number of carbonyl (C=O) groups is 1. The van der Waals surface area contributed by atoms with Crippen molar-refractivity contribution in [3.05, 3.63) is 83.7 Å². The number of phenols is 1. The summed E-state index contributed by atoms with van der Waals surface area (Å²) in [4.78, 5) is 16.6. The maximum Gasteiger partial charge on any atom is 0.195 e. The quantitative estimate of drug-likeness (QED) is 0.292. The van der Waals surface area contributed by atoms with Crippen molar-refractivity contribution < 1.29 is 23.4 Å². The number of hydrogen-bond donors (Lipinski definition) is 1. The molecule has 4 nitrogen and oxygen atoms in total. The molecule has 3 aromatic carbocycles. The van der Waals surface area contributed by atoms with Gasteiger partial charge < -0.3 is 9.84 Å². The Bertz CT molecular complexity index is 1340. The van der Waals surface area contributed by atoms with E-state index in [1.165, 1.54) is 23.5 Å². The van der Waals surface area contributed by atoms with Crippen LogP contribution in [0, 0.1) is 11.7 Å². The van der Waals surface area contributed by atoms with Gasteiger partial charge in [-0.2, -0.15) is 0 Å². The third-order valence-electron chi connectivity index (χ3n) is 6.39. The Hall–Kier alpha value is -3.29. The van der Waals surface area contributed by atoms with Crippen LogP contribution < -0.4 is 4.74 Å². The van der Waals surface area contributed by atoms with Crippen LogP contribution >= 0.6 is 11.3 Å². The molecular weight excluding hydrogens is 468 g/mol. The Labute approximate surface area is 206 Å². The van der Waals surface area contributed by atoms with Crippen LogP contribution in [0.3, 0.4) is 0 Å². The van der Waals surface area contributed by atoms with E-state index in [1.807, 2.05) is 0 Å². The van der Waals surface area contributed by atoms with Gasteiger partial charge in [0.1, 0.15) is 23.9 Å². The van der Waals surface area contributed by atoms with Gasteiger partial charge in [-0.25, -0.2) is 4.39 Å². The Morgan fingerprint density at radius 1 is 1.09 bits per heavy atom. The highest BCUT2D eigenvalue weighted by Gasteiger charge is 2.23. The van der Waals surface area contributed by atoms with Gasteiger partial charge in [0.05, 0.1) is 6.67 Å². The summed E-state index contributed by atoms with van der Waals surface area (Å²) in [5.74, 6) is 0.433. The number of halogens is 2. The van der Waals surface area contributed by atoms with Gasteiger partial charge >= 0.3 is 0 Å². The maximum atomic E-state index is 13.6. The van der Waals surface area contributed by atoms with Gasteiger partial charge in [-0.05, 0) is 73.1 Å². The molecule has 0 amide bonds. The zero-order valence-electron chi connectivity index (χ0n) is 19.0. The van der Waals surface area contributed by atoms with E-state index in [-0.39, 0.29) is 29.9 Å². The summed E-state index contributed by atoms with van der Waals surface area (Å²) in [6, 6.07) is 18.0. The second-order valence-electron chi connectivity index (χ2n) is 8.81. The van der Waals surface area contributed by atoms with Gasteiger partial charge in [-0.1, -0.05) is 12.1 Å². The highest BCUT2D eigenvalue weighted by atomic mass is 32.1. The summed E-state index contributed by atoms with van der Waals surface area (Å²) in [6.45, 7) is 2.64. The number of aromatic hydroxyl groups is 1. The molecule has 180 valence electrons. The van der Waals surface area contributed by atoms with Crippen molar-refractivity contribution in [2.45, 2.75) is 6.42 Å². The van der Waals surface area contributed by atoms with E-state index in [2.05, 4.69) is 4.90 Å². The molecule has 35 heavy (non-hydrogen) atoms. The molecule has 7 heteroatoms. The van der Waals surface area contributed by atoms with Gasteiger partial charge in [0.2, 0.25) is 0 Å². The van der Waals surface area contributed by atoms with E-state index in [9.17, 15) is 18.7 Å². The maximum absolute atomic E-state index is 13.6. The number of carbonyl (C=O) groups excluding carboxylic acids is 1. The van der Waals surface area contributed by atoms with Crippen molar-refractivity contribution in [2.75, 3.05) is 32.9 Å². The zero-order valence-corrected chi connectivity index (χ0v) is 19.9. The van der Waals surface area contributed by atoms with Crippen molar-refractivity contribution in [1.82, 2.24) is 4.90 Å². The second kappa shape index (κ2) is 10.1. The van der Waals surface area contributed by atoms with E-state index < -0.39 is 0 Å². The van der Waals surface area contributed by atoms with E-state index in [4.69, 9.17) is 4.74 Å². The number of likely N-dealkylation sites (tertiary alicyclic amines) is 1. The number of fused-ring (bicyclic) bond motifs is 1. The lowest BCUT2D eigenvalue weighted by molar-refractivity contribution is 0.104. The van der Waals surface area contributed by atoms with Crippen LogP contribution in [0.4, 0.5) is 8.78 Å². The topological polar surface area (TPSA) is 49.8 Å². The van der Waals surface area contributed by atoms with E-state index >= 15 is 0 Å². The Balaban J connectivity index is 1.36. The number of thiophene rings is 1. The van der Waals surface area contributed by atoms with E-state index in [1.54, 1.807) is 54.6 Å². The smallest absolute Gasteiger partial charge is 0.195 e. The Morgan fingerprint density at radius 3 is 2.57 bits per heavy atom. The van der Waals surface area contributed by atoms with E-state index in [0.717, 1.165) is 46.6 Å². The molecule has 1 saturated heterocycles. The number of nitrogens with zero attached hydrogens (tertiary/aromatic N) is 1. The van der Waals surface area contributed by atoms with Crippen molar-refractivity contribution in [3.8, 4) is 21.9 Å². The molecule has 1 aromatic heterocycles. The number of phenolic OH excluding ortho intramolecular Hbond substituents is 1. The fourth-order valence-electron chi connectivity index (χ4n) is 4.50. The summed E-state index contributed by atoms with van der Waals surface area (Å²) >= 11 is 1.39. The molecule has 0 radical (unpaired) electrons. The third-order valence-corrected chi connectivity index (χ3v) is 7.59. The van der Waals surface area contributed by atoms with E-state index in [0.29, 0.717) is 23.5 Å². The lowest BCUT2D eigenvalue weighted by atomic mass is 9.97. The van der Waals surface area contributed by atoms with Crippen LogP contribution in [0.1, 0.15) is 22.3 Å². The minimum atomic E-state index is -0.345. The van der Waals surface area contributed by atoms with Crippen LogP contribution in [0.25, 0.3) is 20.5 Å². The first-order valence-corrected chi connectivity index (χ1v) is 12.4. The van der Waals surface area contributed by atoms with Crippen molar-refractivity contribution in [2.24, 2.45) is 5.92 Å². The monoisotopic (exact) mass is 493 g/mol.